The Labute approximate surface area is 153 Å². The number of anilines is 2. The Bertz CT molecular complexity index is 867. The molecule has 4 heterocycles. The minimum absolute atomic E-state index is 0.387. The van der Waals surface area contributed by atoms with E-state index in [1.54, 1.807) is 18.5 Å². The number of aryl methyl sites for hydroxylation is 1. The summed E-state index contributed by atoms with van der Waals surface area (Å²) in [4.78, 5) is 20.0. The Kier molecular flexibility index (Phi) is 4.84. The molecule has 1 atom stereocenters. The van der Waals surface area contributed by atoms with Gasteiger partial charge >= 0.3 is 0 Å². The molecule has 1 fully saturated rings. The molecule has 1 saturated heterocycles. The van der Waals surface area contributed by atoms with Gasteiger partial charge in [0, 0.05) is 36.9 Å². The van der Waals surface area contributed by atoms with Crippen LogP contribution in [0.2, 0.25) is 0 Å². The van der Waals surface area contributed by atoms with Crippen LogP contribution in [0, 0.1) is 6.92 Å². The van der Waals surface area contributed by atoms with E-state index >= 15 is 0 Å². The Balaban J connectivity index is 1.51. The van der Waals surface area contributed by atoms with Gasteiger partial charge in [0.1, 0.15) is 5.82 Å². The molecule has 0 aliphatic carbocycles. The second-order valence-electron chi connectivity index (χ2n) is 6.57. The van der Waals surface area contributed by atoms with Gasteiger partial charge in [0.25, 0.3) is 0 Å². The summed E-state index contributed by atoms with van der Waals surface area (Å²) in [6.45, 7) is 4.00. The van der Waals surface area contributed by atoms with E-state index in [4.69, 9.17) is 0 Å². The van der Waals surface area contributed by atoms with Crippen molar-refractivity contribution in [3.8, 4) is 0 Å². The Morgan fingerprint density at radius 3 is 2.81 bits per heavy atom. The summed E-state index contributed by atoms with van der Waals surface area (Å²) in [7, 11) is 0. The summed E-state index contributed by atoms with van der Waals surface area (Å²) in [6, 6.07) is 12.6. The lowest BCUT2D eigenvalue weighted by Gasteiger charge is -2.24. The van der Waals surface area contributed by atoms with Gasteiger partial charge in [-0.2, -0.15) is 0 Å². The monoisotopic (exact) mass is 346 g/mol. The van der Waals surface area contributed by atoms with Crippen molar-refractivity contribution in [3.63, 3.8) is 0 Å². The van der Waals surface area contributed by atoms with Crippen LogP contribution in [0.4, 0.5) is 11.8 Å². The van der Waals surface area contributed by atoms with Gasteiger partial charge in [-0.05, 0) is 62.2 Å². The van der Waals surface area contributed by atoms with Gasteiger partial charge in [-0.1, -0.05) is 6.07 Å². The number of aromatic nitrogens is 4. The zero-order chi connectivity index (χ0) is 17.8. The van der Waals surface area contributed by atoms with Crippen LogP contribution in [0.1, 0.15) is 35.8 Å². The van der Waals surface area contributed by atoms with Crippen LogP contribution in [-0.2, 0) is 6.54 Å². The summed E-state index contributed by atoms with van der Waals surface area (Å²) >= 11 is 0. The fourth-order valence-corrected chi connectivity index (χ4v) is 3.49. The quantitative estimate of drug-likeness (QED) is 0.760. The third kappa shape index (κ3) is 3.86. The second kappa shape index (κ2) is 7.58. The van der Waals surface area contributed by atoms with E-state index in [-0.39, 0.29) is 0 Å². The fourth-order valence-electron chi connectivity index (χ4n) is 3.49. The Hall–Kier alpha value is -2.86. The van der Waals surface area contributed by atoms with Gasteiger partial charge in [-0.25, -0.2) is 15.0 Å². The number of rotatable bonds is 5. The number of pyridine rings is 2. The molecule has 6 heteroatoms. The summed E-state index contributed by atoms with van der Waals surface area (Å²) in [5.41, 5.74) is 3.46. The molecule has 26 heavy (non-hydrogen) atoms. The van der Waals surface area contributed by atoms with E-state index in [0.717, 1.165) is 36.7 Å². The Morgan fingerprint density at radius 1 is 1.08 bits per heavy atom. The van der Waals surface area contributed by atoms with Crippen LogP contribution in [0.5, 0.6) is 0 Å². The first-order valence-electron chi connectivity index (χ1n) is 8.94. The van der Waals surface area contributed by atoms with Gasteiger partial charge in [0.2, 0.25) is 5.95 Å². The summed E-state index contributed by atoms with van der Waals surface area (Å²) in [5.74, 6) is 1.33. The molecule has 1 unspecified atom stereocenters. The smallest absolute Gasteiger partial charge is 0.228 e. The predicted octanol–water partition coefficient (Wildman–Crippen LogP) is 3.66. The van der Waals surface area contributed by atoms with Crippen molar-refractivity contribution in [2.24, 2.45) is 0 Å². The van der Waals surface area contributed by atoms with E-state index in [1.165, 1.54) is 12.0 Å². The SMILES string of the molecule is Cc1cccc(CN2CCCC2c2ccnc(Nc3ncccn3)c2)n1. The maximum Gasteiger partial charge on any atom is 0.228 e. The molecule has 6 nitrogen and oxygen atoms in total. The lowest BCUT2D eigenvalue weighted by molar-refractivity contribution is 0.245. The fraction of sp³-hybridized carbons (Fsp3) is 0.300. The normalized spacial score (nSPS) is 17.3. The topological polar surface area (TPSA) is 66.8 Å². The zero-order valence-corrected chi connectivity index (χ0v) is 14.8. The number of nitrogens with one attached hydrogen (secondary N) is 1. The van der Waals surface area contributed by atoms with Crippen LogP contribution < -0.4 is 5.32 Å². The molecular formula is C20H22N6. The standard InChI is InChI=1S/C20H22N6/c1-15-5-2-6-17(24-15)14-26-12-3-7-18(26)16-8-11-21-19(13-16)25-20-22-9-4-10-23-20/h2,4-6,8-11,13,18H,3,7,12,14H2,1H3,(H,21,22,23,25). The molecule has 3 aromatic rings. The molecule has 0 spiro atoms. The number of likely N-dealkylation sites (tertiary alicyclic amines) is 1. The first-order chi connectivity index (χ1) is 12.8. The minimum Gasteiger partial charge on any atom is -0.309 e. The number of hydrogen-bond acceptors (Lipinski definition) is 6. The first-order valence-corrected chi connectivity index (χ1v) is 8.94. The van der Waals surface area contributed by atoms with Crippen LogP contribution in [0.15, 0.2) is 55.0 Å². The van der Waals surface area contributed by atoms with Crippen molar-refractivity contribution < 1.29 is 0 Å². The van der Waals surface area contributed by atoms with E-state index in [9.17, 15) is 0 Å². The van der Waals surface area contributed by atoms with Crippen LogP contribution in [0.25, 0.3) is 0 Å². The minimum atomic E-state index is 0.387. The summed E-state index contributed by atoms with van der Waals surface area (Å²) in [5, 5.41) is 3.18. The average molecular weight is 346 g/mol. The zero-order valence-electron chi connectivity index (χ0n) is 14.8. The van der Waals surface area contributed by atoms with Crippen LogP contribution in [-0.4, -0.2) is 31.4 Å². The molecule has 4 rings (SSSR count). The number of nitrogens with zero attached hydrogens (tertiary/aromatic N) is 5. The highest BCUT2D eigenvalue weighted by molar-refractivity contribution is 5.48. The second-order valence-corrected chi connectivity index (χ2v) is 6.57. The van der Waals surface area contributed by atoms with E-state index in [0.29, 0.717) is 12.0 Å². The van der Waals surface area contributed by atoms with E-state index in [2.05, 4.69) is 54.4 Å². The largest absolute Gasteiger partial charge is 0.309 e. The van der Waals surface area contributed by atoms with Gasteiger partial charge in [-0.3, -0.25) is 9.88 Å². The molecule has 1 aliphatic rings. The van der Waals surface area contributed by atoms with Gasteiger partial charge in [-0.15, -0.1) is 0 Å². The molecule has 0 radical (unpaired) electrons. The maximum atomic E-state index is 4.66. The van der Waals surface area contributed by atoms with Gasteiger partial charge in [0.15, 0.2) is 0 Å². The molecule has 0 saturated carbocycles. The maximum absolute atomic E-state index is 4.66. The van der Waals surface area contributed by atoms with Crippen molar-refractivity contribution in [1.82, 2.24) is 24.8 Å². The lowest BCUT2D eigenvalue weighted by Crippen LogP contribution is -2.23. The van der Waals surface area contributed by atoms with Crippen molar-refractivity contribution in [3.05, 3.63) is 71.9 Å². The lowest BCUT2D eigenvalue weighted by atomic mass is 10.1. The number of hydrogen-bond donors (Lipinski definition) is 1. The molecule has 132 valence electrons. The highest BCUT2D eigenvalue weighted by atomic mass is 15.2. The van der Waals surface area contributed by atoms with Crippen molar-refractivity contribution >= 4 is 11.8 Å². The van der Waals surface area contributed by atoms with Crippen molar-refractivity contribution in [1.29, 1.82) is 0 Å². The van der Waals surface area contributed by atoms with Crippen molar-refractivity contribution in [2.75, 3.05) is 11.9 Å². The molecular weight excluding hydrogens is 324 g/mol. The Morgan fingerprint density at radius 2 is 1.96 bits per heavy atom. The van der Waals surface area contributed by atoms with E-state index < -0.39 is 0 Å². The van der Waals surface area contributed by atoms with Gasteiger partial charge < -0.3 is 5.32 Å². The van der Waals surface area contributed by atoms with E-state index in [1.807, 2.05) is 19.2 Å². The molecule has 0 aromatic carbocycles. The van der Waals surface area contributed by atoms with Crippen LogP contribution in [0.3, 0.4) is 0 Å². The molecule has 1 aliphatic heterocycles. The third-order valence-corrected chi connectivity index (χ3v) is 4.65. The van der Waals surface area contributed by atoms with Crippen LogP contribution >= 0.6 is 0 Å². The molecule has 3 aromatic heterocycles. The summed E-state index contributed by atoms with van der Waals surface area (Å²) < 4.78 is 0. The van der Waals surface area contributed by atoms with Gasteiger partial charge in [0.05, 0.1) is 5.69 Å². The highest BCUT2D eigenvalue weighted by Crippen LogP contribution is 2.33. The molecule has 0 amide bonds. The molecule has 0 bridgehead atoms. The predicted molar refractivity (Wildman–Crippen MR) is 101 cm³/mol. The molecule has 1 N–H and O–H groups in total. The first kappa shape index (κ1) is 16.6. The average Bonchev–Trinajstić information content (AvgIpc) is 3.11. The third-order valence-electron chi connectivity index (χ3n) is 4.65. The highest BCUT2D eigenvalue weighted by Gasteiger charge is 2.26. The summed E-state index contributed by atoms with van der Waals surface area (Å²) in [6.07, 6.45) is 7.63. The van der Waals surface area contributed by atoms with Crippen molar-refractivity contribution in [2.45, 2.75) is 32.4 Å².